The van der Waals surface area contributed by atoms with Crippen LogP contribution in [-0.4, -0.2) is 22.6 Å². The summed E-state index contributed by atoms with van der Waals surface area (Å²) in [5.41, 5.74) is 1.62. The second-order valence-corrected chi connectivity index (χ2v) is 4.29. The Morgan fingerprint density at radius 2 is 2.18 bits per heavy atom. The van der Waals surface area contributed by atoms with E-state index >= 15 is 0 Å². The number of ether oxygens (including phenoxy) is 1. The van der Waals surface area contributed by atoms with Crippen molar-refractivity contribution < 1.29 is 19.7 Å². The normalized spacial score (nSPS) is 13.2. The van der Waals surface area contributed by atoms with Crippen molar-refractivity contribution in [1.29, 1.82) is 0 Å². The Balaban J connectivity index is 2.50. The fourth-order valence-electron chi connectivity index (χ4n) is 1.78. The maximum absolute atomic E-state index is 11.5. The van der Waals surface area contributed by atoms with Gasteiger partial charge in [-0.05, 0) is 20.3 Å². The average molecular weight is 234 g/mol. The number of ketones is 1. The van der Waals surface area contributed by atoms with Crippen LogP contribution in [0.15, 0.2) is 17.7 Å². The van der Waals surface area contributed by atoms with Crippen LogP contribution in [0.4, 0.5) is 0 Å². The Bertz CT molecular complexity index is 511. The van der Waals surface area contributed by atoms with Crippen molar-refractivity contribution >= 4 is 5.78 Å². The summed E-state index contributed by atoms with van der Waals surface area (Å²) in [7, 11) is 0. The van der Waals surface area contributed by atoms with Gasteiger partial charge in [0.25, 0.3) is 0 Å². The molecule has 4 nitrogen and oxygen atoms in total. The largest absolute Gasteiger partial charge is 0.507 e. The molecule has 2 N–H and O–H groups in total. The van der Waals surface area contributed by atoms with Crippen LogP contribution in [0.5, 0.6) is 17.2 Å². The third-order valence-corrected chi connectivity index (χ3v) is 2.70. The Hall–Kier alpha value is -1.97. The van der Waals surface area contributed by atoms with Crippen LogP contribution in [0.2, 0.25) is 0 Å². The molecular weight excluding hydrogens is 220 g/mol. The lowest BCUT2D eigenvalue weighted by Crippen LogP contribution is -2.00. The van der Waals surface area contributed by atoms with Crippen molar-refractivity contribution in [1.82, 2.24) is 0 Å². The SMILES string of the molecule is CC(C)=CCc1c(O)cc2c(c1O)C(=O)CO2. The summed E-state index contributed by atoms with van der Waals surface area (Å²) in [4.78, 5) is 11.5. The number of hydrogen-bond donors (Lipinski definition) is 2. The van der Waals surface area contributed by atoms with E-state index in [2.05, 4.69) is 0 Å². The number of allylic oxidation sites excluding steroid dienone is 2. The molecular formula is C13H14O4. The highest BCUT2D eigenvalue weighted by atomic mass is 16.5. The monoisotopic (exact) mass is 234 g/mol. The number of rotatable bonds is 2. The first-order valence-corrected chi connectivity index (χ1v) is 5.38. The minimum atomic E-state index is -0.254. The van der Waals surface area contributed by atoms with Gasteiger partial charge in [0, 0.05) is 11.6 Å². The highest BCUT2D eigenvalue weighted by molar-refractivity contribution is 6.05. The number of aromatic hydroxyl groups is 2. The topological polar surface area (TPSA) is 66.8 Å². The molecule has 0 spiro atoms. The van der Waals surface area contributed by atoms with Crippen LogP contribution < -0.4 is 4.74 Å². The molecule has 2 rings (SSSR count). The fourth-order valence-corrected chi connectivity index (χ4v) is 1.78. The van der Waals surface area contributed by atoms with Crippen LogP contribution in [0.3, 0.4) is 0 Å². The van der Waals surface area contributed by atoms with Crippen molar-refractivity contribution in [2.24, 2.45) is 0 Å². The molecule has 1 aliphatic heterocycles. The summed E-state index contributed by atoms with van der Waals surface area (Å²) in [6, 6.07) is 1.38. The van der Waals surface area contributed by atoms with Gasteiger partial charge in [-0.2, -0.15) is 0 Å². The maximum Gasteiger partial charge on any atom is 0.207 e. The number of hydrogen-bond acceptors (Lipinski definition) is 4. The van der Waals surface area contributed by atoms with Crippen molar-refractivity contribution in [3.8, 4) is 17.2 Å². The number of phenols is 2. The van der Waals surface area contributed by atoms with E-state index in [1.165, 1.54) is 6.07 Å². The zero-order valence-electron chi connectivity index (χ0n) is 9.78. The molecule has 90 valence electrons. The summed E-state index contributed by atoms with van der Waals surface area (Å²) in [6.07, 6.45) is 2.27. The van der Waals surface area contributed by atoms with E-state index in [0.717, 1.165) is 5.57 Å². The van der Waals surface area contributed by atoms with Gasteiger partial charge in [0.2, 0.25) is 5.78 Å². The predicted molar refractivity (Wildman–Crippen MR) is 62.7 cm³/mol. The van der Waals surface area contributed by atoms with Gasteiger partial charge in [0.15, 0.2) is 6.61 Å². The third kappa shape index (κ3) is 1.98. The minimum Gasteiger partial charge on any atom is -0.507 e. The molecule has 0 atom stereocenters. The first-order chi connectivity index (χ1) is 8.00. The van der Waals surface area contributed by atoms with Crippen LogP contribution in [0.1, 0.15) is 29.8 Å². The molecule has 17 heavy (non-hydrogen) atoms. The van der Waals surface area contributed by atoms with E-state index in [1.807, 2.05) is 19.9 Å². The molecule has 0 bridgehead atoms. The van der Waals surface area contributed by atoms with Crippen molar-refractivity contribution in [3.63, 3.8) is 0 Å². The highest BCUT2D eigenvalue weighted by Crippen LogP contribution is 2.41. The molecule has 4 heteroatoms. The molecule has 0 unspecified atom stereocenters. The van der Waals surface area contributed by atoms with Crippen molar-refractivity contribution in [2.45, 2.75) is 20.3 Å². The standard InChI is InChI=1S/C13H14O4/c1-7(2)3-4-8-9(14)5-11-12(13(8)16)10(15)6-17-11/h3,5,14,16H,4,6H2,1-2H3. The van der Waals surface area contributed by atoms with E-state index in [4.69, 9.17) is 4.74 Å². The predicted octanol–water partition coefficient (Wildman–Crippen LogP) is 2.18. The number of carbonyl (C=O) groups excluding carboxylic acids is 1. The minimum absolute atomic E-state index is 0.0477. The lowest BCUT2D eigenvalue weighted by Gasteiger charge is -2.08. The van der Waals surface area contributed by atoms with Gasteiger partial charge >= 0.3 is 0 Å². The third-order valence-electron chi connectivity index (χ3n) is 2.70. The molecule has 0 radical (unpaired) electrons. The molecule has 0 fully saturated rings. The number of benzene rings is 1. The second-order valence-electron chi connectivity index (χ2n) is 4.29. The van der Waals surface area contributed by atoms with Crippen molar-refractivity contribution in [2.75, 3.05) is 6.61 Å². The van der Waals surface area contributed by atoms with Gasteiger partial charge in [0.05, 0.1) is 0 Å². The number of fused-ring (bicyclic) bond motifs is 1. The van der Waals surface area contributed by atoms with Gasteiger partial charge in [-0.1, -0.05) is 11.6 Å². The highest BCUT2D eigenvalue weighted by Gasteiger charge is 2.28. The van der Waals surface area contributed by atoms with Crippen LogP contribution in [0, 0.1) is 0 Å². The fraction of sp³-hybridized carbons (Fsp3) is 0.308. The van der Waals surface area contributed by atoms with Gasteiger partial charge in [-0.15, -0.1) is 0 Å². The Labute approximate surface area is 99.2 Å². The van der Waals surface area contributed by atoms with E-state index < -0.39 is 0 Å². The Morgan fingerprint density at radius 1 is 1.47 bits per heavy atom. The number of carbonyl (C=O) groups is 1. The maximum atomic E-state index is 11.5. The van der Waals surface area contributed by atoms with Gasteiger partial charge in [-0.3, -0.25) is 4.79 Å². The van der Waals surface area contributed by atoms with E-state index in [9.17, 15) is 15.0 Å². The average Bonchev–Trinajstić information content (AvgIpc) is 2.59. The first kappa shape index (κ1) is 11.5. The summed E-state index contributed by atoms with van der Waals surface area (Å²) in [6.45, 7) is 3.78. The molecule has 1 aliphatic rings. The lowest BCUT2D eigenvalue weighted by molar-refractivity contribution is 0.0959. The quantitative estimate of drug-likeness (QED) is 0.770. The van der Waals surface area contributed by atoms with Crippen molar-refractivity contribution in [3.05, 3.63) is 28.8 Å². The Kier molecular flexibility index (Phi) is 2.79. The zero-order valence-corrected chi connectivity index (χ0v) is 9.78. The number of phenolic OH excluding ortho intramolecular Hbond substituents is 2. The van der Waals surface area contributed by atoms with Crippen LogP contribution in [0.25, 0.3) is 0 Å². The summed E-state index contributed by atoms with van der Waals surface area (Å²) in [5, 5.41) is 19.8. The molecule has 0 aromatic heterocycles. The molecule has 1 aromatic carbocycles. The van der Waals surface area contributed by atoms with Gasteiger partial charge < -0.3 is 14.9 Å². The smallest absolute Gasteiger partial charge is 0.207 e. The molecule has 0 aliphatic carbocycles. The van der Waals surface area contributed by atoms with E-state index in [1.54, 1.807) is 0 Å². The summed E-state index contributed by atoms with van der Waals surface area (Å²) < 4.78 is 5.07. The van der Waals surface area contributed by atoms with Gasteiger partial charge in [-0.25, -0.2) is 0 Å². The number of Topliss-reactive ketones (excluding diaryl/α,β-unsaturated/α-hetero) is 1. The summed E-state index contributed by atoms with van der Waals surface area (Å²) in [5.74, 6) is -0.213. The molecule has 0 saturated carbocycles. The zero-order chi connectivity index (χ0) is 12.6. The second kappa shape index (κ2) is 4.13. The van der Waals surface area contributed by atoms with Gasteiger partial charge in [0.1, 0.15) is 22.8 Å². The van der Waals surface area contributed by atoms with E-state index in [0.29, 0.717) is 12.0 Å². The molecule has 1 aromatic rings. The molecule has 1 heterocycles. The first-order valence-electron chi connectivity index (χ1n) is 5.38. The van der Waals surface area contributed by atoms with E-state index in [-0.39, 0.29) is 35.2 Å². The van der Waals surface area contributed by atoms with Crippen LogP contribution in [-0.2, 0) is 6.42 Å². The Morgan fingerprint density at radius 3 is 2.82 bits per heavy atom. The van der Waals surface area contributed by atoms with Crippen LogP contribution >= 0.6 is 0 Å². The summed E-state index contributed by atoms with van der Waals surface area (Å²) >= 11 is 0. The molecule has 0 saturated heterocycles. The molecule has 0 amide bonds. The lowest BCUT2D eigenvalue weighted by atomic mass is 10.0.